The van der Waals surface area contributed by atoms with E-state index < -0.39 is 29.3 Å². The Bertz CT molecular complexity index is 1490. The third-order valence-electron chi connectivity index (χ3n) is 8.06. The second-order valence-corrected chi connectivity index (χ2v) is 10.9. The van der Waals surface area contributed by atoms with Crippen LogP contribution in [0.4, 0.5) is 4.79 Å². The quantitative estimate of drug-likeness (QED) is 0.217. The monoisotopic (exact) mass is 617 g/mol. The van der Waals surface area contributed by atoms with Gasteiger partial charge in [0.15, 0.2) is 5.54 Å². The van der Waals surface area contributed by atoms with Gasteiger partial charge in [-0.1, -0.05) is 60.7 Å². The summed E-state index contributed by atoms with van der Waals surface area (Å²) in [5.74, 6) is -2.38. The standard InChI is InChI=1S/C32H35N5O8/c38-25(34-19-21-35(22-20-34)26(39)16-17-29(42)45-37-27(40)14-15-28(37)41)13-7-8-18-36-30(43)32(33-31(36)44,23-9-3-1-4-10-23)24-11-5-2-6-12-24/h1-6,9-12,14-15,40-41H,7-8,13,16-22H2,(H,33,44). The number of imide groups is 1. The maximum Gasteiger partial charge on any atom is 0.333 e. The Labute approximate surface area is 259 Å². The summed E-state index contributed by atoms with van der Waals surface area (Å²) in [5.41, 5.74) is 0.0195. The molecule has 2 aliphatic heterocycles. The Morgan fingerprint density at radius 1 is 0.711 bits per heavy atom. The van der Waals surface area contributed by atoms with Gasteiger partial charge in [0.1, 0.15) is 0 Å². The van der Waals surface area contributed by atoms with Crippen LogP contribution in [0.25, 0.3) is 0 Å². The van der Waals surface area contributed by atoms with Crippen LogP contribution in [0.15, 0.2) is 72.8 Å². The number of aromatic hydroxyl groups is 2. The van der Waals surface area contributed by atoms with Crippen molar-refractivity contribution in [3.63, 3.8) is 0 Å². The minimum absolute atomic E-state index is 0.0721. The van der Waals surface area contributed by atoms with Crippen LogP contribution in [0.3, 0.4) is 0 Å². The van der Waals surface area contributed by atoms with Gasteiger partial charge >= 0.3 is 12.0 Å². The predicted molar refractivity (Wildman–Crippen MR) is 160 cm³/mol. The molecule has 13 nitrogen and oxygen atoms in total. The Balaban J connectivity index is 1.05. The van der Waals surface area contributed by atoms with E-state index in [9.17, 15) is 34.2 Å². The van der Waals surface area contributed by atoms with Crippen molar-refractivity contribution in [2.45, 2.75) is 37.6 Å². The lowest BCUT2D eigenvalue weighted by atomic mass is 9.82. The van der Waals surface area contributed by atoms with Crippen molar-refractivity contribution in [1.29, 1.82) is 0 Å². The molecule has 5 rings (SSSR count). The van der Waals surface area contributed by atoms with Crippen LogP contribution in [0.5, 0.6) is 11.8 Å². The molecule has 2 aromatic carbocycles. The zero-order valence-corrected chi connectivity index (χ0v) is 24.6. The van der Waals surface area contributed by atoms with Gasteiger partial charge in [0.25, 0.3) is 5.91 Å². The first-order chi connectivity index (χ1) is 21.7. The lowest BCUT2D eigenvalue weighted by molar-refractivity contribution is -0.148. The molecule has 0 saturated carbocycles. The molecule has 0 atom stereocenters. The molecule has 45 heavy (non-hydrogen) atoms. The van der Waals surface area contributed by atoms with E-state index in [1.807, 2.05) is 60.7 Å². The predicted octanol–water partition coefficient (Wildman–Crippen LogP) is 1.97. The van der Waals surface area contributed by atoms with Crippen molar-refractivity contribution in [3.05, 3.63) is 83.9 Å². The number of amides is 5. The SMILES string of the molecule is O=C(CCC(=O)N1CCN(C(=O)CCCCN2C(=O)NC(c3ccccc3)(c3ccccc3)C2=O)CC1)On1c(O)ccc1O. The molecule has 3 aromatic rings. The van der Waals surface area contributed by atoms with Gasteiger partial charge in [-0.3, -0.25) is 19.3 Å². The van der Waals surface area contributed by atoms with Crippen molar-refractivity contribution >= 4 is 29.7 Å². The van der Waals surface area contributed by atoms with Crippen molar-refractivity contribution < 1.29 is 39.0 Å². The van der Waals surface area contributed by atoms with Gasteiger partial charge in [-0.2, -0.15) is 0 Å². The second-order valence-electron chi connectivity index (χ2n) is 10.9. The van der Waals surface area contributed by atoms with Gasteiger partial charge in [0.05, 0.1) is 6.42 Å². The van der Waals surface area contributed by atoms with Gasteiger partial charge in [-0.05, 0) is 24.0 Å². The molecule has 3 heterocycles. The molecule has 3 N–H and O–H groups in total. The normalized spacial score (nSPS) is 16.0. The van der Waals surface area contributed by atoms with Crippen LogP contribution in [-0.4, -0.2) is 92.1 Å². The Kier molecular flexibility index (Phi) is 9.36. The van der Waals surface area contributed by atoms with Crippen molar-refractivity contribution in [2.75, 3.05) is 32.7 Å². The average Bonchev–Trinajstić information content (AvgIpc) is 3.52. The number of nitrogens with one attached hydrogen (secondary N) is 1. The first-order valence-electron chi connectivity index (χ1n) is 14.8. The lowest BCUT2D eigenvalue weighted by Gasteiger charge is -2.35. The van der Waals surface area contributed by atoms with E-state index in [1.165, 1.54) is 4.90 Å². The summed E-state index contributed by atoms with van der Waals surface area (Å²) in [6.45, 7) is 1.52. The number of hydrogen-bond acceptors (Lipinski definition) is 8. The Morgan fingerprint density at radius 3 is 1.76 bits per heavy atom. The summed E-state index contributed by atoms with van der Waals surface area (Å²) in [6, 6.07) is 20.1. The van der Waals surface area contributed by atoms with Gasteiger partial charge in [0.2, 0.25) is 23.6 Å². The van der Waals surface area contributed by atoms with Crippen LogP contribution in [0.2, 0.25) is 0 Å². The highest BCUT2D eigenvalue weighted by Gasteiger charge is 2.53. The molecular weight excluding hydrogens is 582 g/mol. The molecule has 0 bridgehead atoms. The Morgan fingerprint density at radius 2 is 1.22 bits per heavy atom. The fourth-order valence-electron chi connectivity index (χ4n) is 5.63. The van der Waals surface area contributed by atoms with E-state index in [-0.39, 0.29) is 43.5 Å². The molecule has 2 saturated heterocycles. The number of nitrogens with zero attached hydrogens (tertiary/aromatic N) is 4. The Hall–Kier alpha value is -5.33. The number of piperazine rings is 1. The van der Waals surface area contributed by atoms with E-state index in [4.69, 9.17) is 4.84 Å². The summed E-state index contributed by atoms with van der Waals surface area (Å²) >= 11 is 0. The van der Waals surface area contributed by atoms with Crippen LogP contribution in [0, 0.1) is 0 Å². The second kappa shape index (κ2) is 13.5. The van der Waals surface area contributed by atoms with Crippen molar-refractivity contribution in [3.8, 4) is 11.8 Å². The van der Waals surface area contributed by atoms with Gasteiger partial charge in [-0.25, -0.2) is 9.59 Å². The number of aromatic nitrogens is 1. The molecule has 0 unspecified atom stereocenters. The summed E-state index contributed by atoms with van der Waals surface area (Å²) in [7, 11) is 0. The molecule has 0 spiro atoms. The lowest BCUT2D eigenvalue weighted by Crippen LogP contribution is -2.50. The van der Waals surface area contributed by atoms with Gasteiger partial charge in [0, 0.05) is 57.7 Å². The zero-order valence-electron chi connectivity index (χ0n) is 24.6. The highest BCUT2D eigenvalue weighted by atomic mass is 16.7. The van der Waals surface area contributed by atoms with E-state index in [2.05, 4.69) is 5.32 Å². The number of carbonyl (C=O) groups excluding carboxylic acids is 5. The molecule has 1 aromatic heterocycles. The van der Waals surface area contributed by atoms with Crippen LogP contribution in [-0.2, 0) is 24.7 Å². The van der Waals surface area contributed by atoms with E-state index in [1.54, 1.807) is 9.80 Å². The number of unbranched alkanes of at least 4 members (excludes halogenated alkanes) is 1. The number of benzene rings is 2. The minimum atomic E-state index is -1.32. The number of urea groups is 1. The topological polar surface area (TPSA) is 162 Å². The average molecular weight is 618 g/mol. The molecule has 0 aliphatic carbocycles. The molecular formula is C32H35N5O8. The number of rotatable bonds is 11. The zero-order chi connectivity index (χ0) is 32.0. The van der Waals surface area contributed by atoms with Gasteiger partial charge < -0.3 is 30.2 Å². The third-order valence-corrected chi connectivity index (χ3v) is 8.06. The molecule has 13 heteroatoms. The maximum atomic E-state index is 13.8. The first-order valence-corrected chi connectivity index (χ1v) is 14.8. The summed E-state index contributed by atoms with van der Waals surface area (Å²) in [4.78, 5) is 73.6. The van der Waals surface area contributed by atoms with E-state index in [0.717, 1.165) is 12.1 Å². The molecule has 5 amide bonds. The first kappa shape index (κ1) is 31.1. The highest BCUT2D eigenvalue weighted by molar-refractivity contribution is 6.09. The fraction of sp³-hybridized carbons (Fsp3) is 0.344. The number of hydrogen-bond donors (Lipinski definition) is 3. The number of carbonyl (C=O) groups is 5. The van der Waals surface area contributed by atoms with Crippen molar-refractivity contribution in [1.82, 2.24) is 24.7 Å². The van der Waals surface area contributed by atoms with Crippen LogP contribution >= 0.6 is 0 Å². The summed E-state index contributed by atoms with van der Waals surface area (Å²) in [5, 5.41) is 22.0. The van der Waals surface area contributed by atoms with E-state index in [0.29, 0.717) is 54.9 Å². The molecule has 0 radical (unpaired) electrons. The van der Waals surface area contributed by atoms with Crippen LogP contribution < -0.4 is 10.2 Å². The summed E-state index contributed by atoms with van der Waals surface area (Å²) in [6.07, 6.45) is 0.814. The van der Waals surface area contributed by atoms with E-state index >= 15 is 0 Å². The molecule has 236 valence electrons. The smallest absolute Gasteiger partial charge is 0.333 e. The molecule has 2 fully saturated rings. The van der Waals surface area contributed by atoms with Gasteiger partial charge in [-0.15, -0.1) is 4.73 Å². The van der Waals surface area contributed by atoms with Crippen molar-refractivity contribution in [2.24, 2.45) is 0 Å². The summed E-state index contributed by atoms with van der Waals surface area (Å²) < 4.78 is 0.567. The highest BCUT2D eigenvalue weighted by Crippen LogP contribution is 2.36. The van der Waals surface area contributed by atoms with Crippen LogP contribution in [0.1, 0.15) is 43.2 Å². The minimum Gasteiger partial charge on any atom is -0.492 e. The largest absolute Gasteiger partial charge is 0.492 e. The molecule has 2 aliphatic rings. The third kappa shape index (κ3) is 6.61. The maximum absolute atomic E-state index is 13.8. The fourth-order valence-corrected chi connectivity index (χ4v) is 5.63.